The van der Waals surface area contributed by atoms with Crippen LogP contribution in [0, 0.1) is 0 Å². The Morgan fingerprint density at radius 1 is 1.09 bits per heavy atom. The van der Waals surface area contributed by atoms with Crippen molar-refractivity contribution in [1.29, 1.82) is 0 Å². The van der Waals surface area contributed by atoms with Gasteiger partial charge in [-0.3, -0.25) is 4.79 Å². The van der Waals surface area contributed by atoms with E-state index in [9.17, 15) is 18.0 Å². The number of carboxylic acid groups (broad SMARTS) is 1. The molecule has 0 unspecified atom stereocenters. The summed E-state index contributed by atoms with van der Waals surface area (Å²) in [5, 5.41) is 13.6. The number of carboxylic acids is 1. The van der Waals surface area contributed by atoms with E-state index in [4.69, 9.17) is 9.84 Å². The lowest BCUT2D eigenvalue weighted by molar-refractivity contribution is -0.138. The van der Waals surface area contributed by atoms with Crippen LogP contribution in [0.25, 0.3) is 5.82 Å². The number of aliphatic carboxylic acids is 1. The monoisotopic (exact) mass is 461 g/mol. The Kier molecular flexibility index (Phi) is 8.08. The van der Waals surface area contributed by atoms with Crippen molar-refractivity contribution in [2.24, 2.45) is 0 Å². The lowest BCUT2D eigenvalue weighted by Gasteiger charge is -2.10. The predicted molar refractivity (Wildman–Crippen MR) is 117 cm³/mol. The molecule has 6 nitrogen and oxygen atoms in total. The van der Waals surface area contributed by atoms with E-state index in [1.54, 1.807) is 30.5 Å². The third-order valence-electron chi connectivity index (χ3n) is 5.12. The highest BCUT2D eigenvalue weighted by Gasteiger charge is 2.30. The summed E-state index contributed by atoms with van der Waals surface area (Å²) in [6.45, 7) is 2.48. The van der Waals surface area contributed by atoms with Crippen LogP contribution < -0.4 is 4.74 Å². The molecule has 0 aliphatic carbocycles. The normalized spacial score (nSPS) is 11.5. The molecule has 0 atom stereocenters. The largest absolute Gasteiger partial charge is 0.493 e. The summed E-state index contributed by atoms with van der Waals surface area (Å²) in [7, 11) is 0. The number of para-hydroxylation sites is 1. The van der Waals surface area contributed by atoms with Gasteiger partial charge in [-0.05, 0) is 49.4 Å². The molecule has 2 aromatic heterocycles. The molecule has 0 amide bonds. The molecule has 1 aromatic carbocycles. The molecule has 0 bridgehead atoms. The number of rotatable bonds is 11. The van der Waals surface area contributed by atoms with E-state index in [1.165, 1.54) is 10.7 Å². The van der Waals surface area contributed by atoms with Gasteiger partial charge in [0, 0.05) is 18.0 Å². The van der Waals surface area contributed by atoms with E-state index < -0.39 is 17.7 Å². The van der Waals surface area contributed by atoms with Gasteiger partial charge in [0.25, 0.3) is 0 Å². The zero-order chi connectivity index (χ0) is 23.8. The maximum Gasteiger partial charge on any atom is 0.417 e. The highest BCUT2D eigenvalue weighted by molar-refractivity contribution is 5.71. The van der Waals surface area contributed by atoms with Crippen molar-refractivity contribution in [2.75, 3.05) is 6.61 Å². The fraction of sp³-hybridized carbons (Fsp3) is 0.375. The SMILES string of the molecule is CCCCc1nn(-c2ccc(C(F)(F)F)cn2)cc1CCCOc1ccccc1CC(=O)O. The van der Waals surface area contributed by atoms with Crippen LogP contribution in [0.2, 0.25) is 0 Å². The average molecular weight is 461 g/mol. The van der Waals surface area contributed by atoms with Crippen LogP contribution in [0.4, 0.5) is 13.2 Å². The number of alkyl halides is 3. The van der Waals surface area contributed by atoms with Gasteiger partial charge in [-0.25, -0.2) is 9.67 Å². The van der Waals surface area contributed by atoms with E-state index in [-0.39, 0.29) is 6.42 Å². The highest BCUT2D eigenvalue weighted by Crippen LogP contribution is 2.29. The van der Waals surface area contributed by atoms with Gasteiger partial charge < -0.3 is 9.84 Å². The molecular formula is C24H26F3N3O3. The summed E-state index contributed by atoms with van der Waals surface area (Å²) in [6.07, 6.45) is 2.12. The van der Waals surface area contributed by atoms with Crippen LogP contribution in [-0.2, 0) is 30.2 Å². The number of unbranched alkanes of at least 4 members (excludes halogenated alkanes) is 1. The van der Waals surface area contributed by atoms with Crippen LogP contribution in [0.15, 0.2) is 48.8 Å². The Hall–Kier alpha value is -3.36. The number of hydrogen-bond donors (Lipinski definition) is 1. The third kappa shape index (κ3) is 6.81. The van der Waals surface area contributed by atoms with Crippen molar-refractivity contribution in [2.45, 2.75) is 51.6 Å². The van der Waals surface area contributed by atoms with Gasteiger partial charge >= 0.3 is 12.1 Å². The van der Waals surface area contributed by atoms with Crippen molar-refractivity contribution in [1.82, 2.24) is 14.8 Å². The van der Waals surface area contributed by atoms with Gasteiger partial charge in [-0.1, -0.05) is 31.5 Å². The van der Waals surface area contributed by atoms with Crippen LogP contribution in [0.5, 0.6) is 5.75 Å². The van der Waals surface area contributed by atoms with Gasteiger partial charge in [0.15, 0.2) is 5.82 Å². The molecule has 0 radical (unpaired) electrons. The molecule has 0 fully saturated rings. The first-order chi connectivity index (χ1) is 15.8. The van der Waals surface area contributed by atoms with Crippen molar-refractivity contribution in [3.05, 3.63) is 71.2 Å². The summed E-state index contributed by atoms with van der Waals surface area (Å²) in [6, 6.07) is 9.36. The Bertz CT molecular complexity index is 1060. The molecule has 3 rings (SSSR count). The fourth-order valence-electron chi connectivity index (χ4n) is 3.41. The Balaban J connectivity index is 1.67. The molecule has 0 spiro atoms. The van der Waals surface area contributed by atoms with Gasteiger partial charge in [0.1, 0.15) is 5.75 Å². The summed E-state index contributed by atoms with van der Waals surface area (Å²) in [5.41, 5.74) is 1.71. The number of carbonyl (C=O) groups is 1. The van der Waals surface area contributed by atoms with E-state index in [1.807, 2.05) is 0 Å². The van der Waals surface area contributed by atoms with Crippen LogP contribution >= 0.6 is 0 Å². The van der Waals surface area contributed by atoms with E-state index in [0.29, 0.717) is 36.6 Å². The Labute approximate surface area is 190 Å². The first-order valence-electron chi connectivity index (χ1n) is 10.8. The van der Waals surface area contributed by atoms with Crippen molar-refractivity contribution >= 4 is 5.97 Å². The van der Waals surface area contributed by atoms with E-state index in [0.717, 1.165) is 42.8 Å². The number of ether oxygens (including phenoxy) is 1. The van der Waals surface area contributed by atoms with E-state index >= 15 is 0 Å². The molecular weight excluding hydrogens is 435 g/mol. The lowest BCUT2D eigenvalue weighted by Crippen LogP contribution is -2.07. The Morgan fingerprint density at radius 3 is 2.55 bits per heavy atom. The molecule has 33 heavy (non-hydrogen) atoms. The van der Waals surface area contributed by atoms with Crippen molar-refractivity contribution in [3.8, 4) is 11.6 Å². The molecule has 0 aliphatic rings. The minimum Gasteiger partial charge on any atom is -0.493 e. The number of benzene rings is 1. The standard InChI is InChI=1S/C24H26F3N3O3/c1-2-3-9-20-18(8-6-13-33-21-10-5-4-7-17(21)14-23(31)32)16-30(29-20)22-12-11-19(15-28-22)24(25,26)27/h4-5,7,10-12,15-16H,2-3,6,8-9,13-14H2,1H3,(H,31,32). The van der Waals surface area contributed by atoms with E-state index in [2.05, 4.69) is 17.0 Å². The zero-order valence-electron chi connectivity index (χ0n) is 18.3. The third-order valence-corrected chi connectivity index (χ3v) is 5.12. The van der Waals surface area contributed by atoms with Crippen molar-refractivity contribution in [3.63, 3.8) is 0 Å². The number of nitrogens with zero attached hydrogens (tertiary/aromatic N) is 3. The molecule has 0 aliphatic heterocycles. The van der Waals surface area contributed by atoms with Crippen LogP contribution in [0.1, 0.15) is 48.6 Å². The number of aryl methyl sites for hydroxylation is 2. The first kappa shape index (κ1) is 24.3. The van der Waals surface area contributed by atoms with Crippen molar-refractivity contribution < 1.29 is 27.8 Å². The topological polar surface area (TPSA) is 77.2 Å². The molecule has 9 heteroatoms. The van der Waals surface area contributed by atoms with Gasteiger partial charge in [-0.2, -0.15) is 18.3 Å². The molecule has 0 saturated heterocycles. The first-order valence-corrected chi connectivity index (χ1v) is 10.8. The highest BCUT2D eigenvalue weighted by atomic mass is 19.4. The maximum atomic E-state index is 12.8. The molecule has 1 N–H and O–H groups in total. The summed E-state index contributed by atoms with van der Waals surface area (Å²) >= 11 is 0. The summed E-state index contributed by atoms with van der Waals surface area (Å²) < 4.78 is 45.8. The Morgan fingerprint density at radius 2 is 1.88 bits per heavy atom. The lowest BCUT2D eigenvalue weighted by atomic mass is 10.1. The minimum atomic E-state index is -4.43. The average Bonchev–Trinajstić information content (AvgIpc) is 3.18. The summed E-state index contributed by atoms with van der Waals surface area (Å²) in [4.78, 5) is 14.9. The smallest absolute Gasteiger partial charge is 0.417 e. The van der Waals surface area contributed by atoms with Crippen LogP contribution in [0.3, 0.4) is 0 Å². The molecule has 0 saturated carbocycles. The zero-order valence-corrected chi connectivity index (χ0v) is 18.3. The predicted octanol–water partition coefficient (Wildman–Crippen LogP) is 5.27. The summed E-state index contributed by atoms with van der Waals surface area (Å²) in [5.74, 6) is -0.0440. The number of hydrogen-bond acceptors (Lipinski definition) is 4. The van der Waals surface area contributed by atoms with Crippen LogP contribution in [-0.4, -0.2) is 32.4 Å². The second kappa shape index (κ2) is 11.0. The van der Waals surface area contributed by atoms with Gasteiger partial charge in [0.05, 0.1) is 24.3 Å². The number of aromatic nitrogens is 3. The quantitative estimate of drug-likeness (QED) is 0.394. The molecule has 3 aromatic rings. The number of halogens is 3. The maximum absolute atomic E-state index is 12.8. The van der Waals surface area contributed by atoms with Gasteiger partial charge in [0.2, 0.25) is 0 Å². The fourth-order valence-corrected chi connectivity index (χ4v) is 3.41. The number of pyridine rings is 1. The minimum absolute atomic E-state index is 0.107. The molecule has 2 heterocycles. The second-order valence-electron chi connectivity index (χ2n) is 7.68. The van der Waals surface area contributed by atoms with Gasteiger partial charge in [-0.15, -0.1) is 0 Å². The molecule has 176 valence electrons. The second-order valence-corrected chi connectivity index (χ2v) is 7.68.